The number of nitrogens with one attached hydrogen (secondary N) is 1. The van der Waals surface area contributed by atoms with Crippen LogP contribution in [0.2, 0.25) is 5.02 Å². The summed E-state index contributed by atoms with van der Waals surface area (Å²) in [5, 5.41) is 12.7. The lowest BCUT2D eigenvalue weighted by Crippen LogP contribution is -2.14. The molecule has 4 heteroatoms. The molecule has 1 rings (SSSR count). The number of benzene rings is 1. The topological polar surface area (TPSA) is 32.3 Å². The summed E-state index contributed by atoms with van der Waals surface area (Å²) in [6.07, 6.45) is 3.08. The first-order valence-electron chi connectivity index (χ1n) is 5.49. The van der Waals surface area contributed by atoms with Crippen molar-refractivity contribution in [1.29, 1.82) is 0 Å². The van der Waals surface area contributed by atoms with Crippen molar-refractivity contribution in [1.82, 2.24) is 5.32 Å². The lowest BCUT2D eigenvalue weighted by atomic mass is 10.2. The van der Waals surface area contributed by atoms with Crippen LogP contribution < -0.4 is 5.32 Å². The molecule has 0 spiro atoms. The molecule has 16 heavy (non-hydrogen) atoms. The second-order valence-electron chi connectivity index (χ2n) is 3.71. The van der Waals surface area contributed by atoms with E-state index in [0.29, 0.717) is 6.61 Å². The molecular formula is C12H17BrClNO. The van der Waals surface area contributed by atoms with Gasteiger partial charge in [-0.25, -0.2) is 0 Å². The van der Waals surface area contributed by atoms with Crippen LogP contribution in [0.15, 0.2) is 22.7 Å². The normalized spacial score (nSPS) is 10.7. The first-order chi connectivity index (χ1) is 7.74. The van der Waals surface area contributed by atoms with Crippen LogP contribution in [-0.2, 0) is 6.54 Å². The molecule has 0 aliphatic heterocycles. The van der Waals surface area contributed by atoms with Crippen molar-refractivity contribution in [3.05, 3.63) is 33.3 Å². The molecule has 0 radical (unpaired) electrons. The predicted octanol–water partition coefficient (Wildman–Crippen LogP) is 3.35. The molecular weight excluding hydrogens is 289 g/mol. The summed E-state index contributed by atoms with van der Waals surface area (Å²) in [5.41, 5.74) is 1.22. The summed E-state index contributed by atoms with van der Waals surface area (Å²) in [5.74, 6) is 0. The van der Waals surface area contributed by atoms with E-state index in [4.69, 9.17) is 16.7 Å². The molecule has 1 aromatic rings. The van der Waals surface area contributed by atoms with Gasteiger partial charge in [0, 0.05) is 17.6 Å². The van der Waals surface area contributed by atoms with E-state index in [2.05, 4.69) is 21.2 Å². The third-order valence-electron chi connectivity index (χ3n) is 2.32. The van der Waals surface area contributed by atoms with E-state index in [1.807, 2.05) is 18.2 Å². The molecule has 2 N–H and O–H groups in total. The molecule has 0 saturated heterocycles. The fourth-order valence-electron chi connectivity index (χ4n) is 1.42. The van der Waals surface area contributed by atoms with Crippen molar-refractivity contribution in [2.45, 2.75) is 25.8 Å². The average molecular weight is 307 g/mol. The molecule has 90 valence electrons. The molecule has 0 aliphatic rings. The van der Waals surface area contributed by atoms with Crippen LogP contribution in [0.5, 0.6) is 0 Å². The Morgan fingerprint density at radius 3 is 2.75 bits per heavy atom. The molecule has 0 fully saturated rings. The summed E-state index contributed by atoms with van der Waals surface area (Å²) in [7, 11) is 0. The second kappa shape index (κ2) is 8.07. The van der Waals surface area contributed by atoms with E-state index in [1.54, 1.807) is 0 Å². The van der Waals surface area contributed by atoms with Gasteiger partial charge in [-0.1, -0.05) is 17.7 Å². The van der Waals surface area contributed by atoms with Crippen LogP contribution in [0.25, 0.3) is 0 Å². The summed E-state index contributed by atoms with van der Waals surface area (Å²) >= 11 is 9.31. The molecule has 0 heterocycles. The maximum absolute atomic E-state index is 8.62. The Bertz CT molecular complexity index is 320. The van der Waals surface area contributed by atoms with E-state index in [-0.39, 0.29) is 0 Å². The highest BCUT2D eigenvalue weighted by Crippen LogP contribution is 2.22. The van der Waals surface area contributed by atoms with E-state index in [9.17, 15) is 0 Å². The van der Waals surface area contributed by atoms with Crippen LogP contribution in [0.1, 0.15) is 24.8 Å². The van der Waals surface area contributed by atoms with Crippen molar-refractivity contribution >= 4 is 27.5 Å². The number of hydrogen-bond donors (Lipinski definition) is 2. The Kier molecular flexibility index (Phi) is 7.05. The Morgan fingerprint density at radius 2 is 2.06 bits per heavy atom. The summed E-state index contributed by atoms with van der Waals surface area (Å²) < 4.78 is 0.939. The van der Waals surface area contributed by atoms with Crippen molar-refractivity contribution in [2.24, 2.45) is 0 Å². The lowest BCUT2D eigenvalue weighted by Gasteiger charge is -2.05. The minimum atomic E-state index is 0.296. The first-order valence-corrected chi connectivity index (χ1v) is 6.66. The summed E-state index contributed by atoms with van der Waals surface area (Å²) in [6, 6.07) is 5.95. The molecule has 0 saturated carbocycles. The van der Waals surface area contributed by atoms with Gasteiger partial charge < -0.3 is 10.4 Å². The molecule has 0 amide bonds. The largest absolute Gasteiger partial charge is 0.396 e. The van der Waals surface area contributed by atoms with Gasteiger partial charge in [0.25, 0.3) is 0 Å². The standard InChI is InChI=1S/C12H17BrClNO/c13-11-8-10(4-5-12(11)14)9-15-6-2-1-3-7-16/h4-5,8,15-16H,1-3,6-7,9H2. The van der Waals surface area contributed by atoms with E-state index < -0.39 is 0 Å². The average Bonchev–Trinajstić information content (AvgIpc) is 2.28. The van der Waals surface area contributed by atoms with Crippen molar-refractivity contribution in [2.75, 3.05) is 13.2 Å². The number of aliphatic hydroxyl groups is 1. The Labute approximate surface area is 110 Å². The maximum Gasteiger partial charge on any atom is 0.0548 e. The Hall–Kier alpha value is -0.0900. The van der Waals surface area contributed by atoms with Crippen molar-refractivity contribution in [3.8, 4) is 0 Å². The monoisotopic (exact) mass is 305 g/mol. The highest BCUT2D eigenvalue weighted by molar-refractivity contribution is 9.10. The zero-order valence-corrected chi connectivity index (χ0v) is 11.5. The fraction of sp³-hybridized carbons (Fsp3) is 0.500. The summed E-state index contributed by atoms with van der Waals surface area (Å²) in [6.45, 7) is 2.14. The van der Waals surface area contributed by atoms with Crippen LogP contribution in [0, 0.1) is 0 Å². The van der Waals surface area contributed by atoms with Crippen molar-refractivity contribution in [3.63, 3.8) is 0 Å². The third kappa shape index (κ3) is 5.30. The fourth-order valence-corrected chi connectivity index (χ4v) is 1.96. The number of hydrogen-bond acceptors (Lipinski definition) is 2. The minimum absolute atomic E-state index is 0.296. The molecule has 2 nitrogen and oxygen atoms in total. The van der Waals surface area contributed by atoms with Crippen molar-refractivity contribution < 1.29 is 5.11 Å². The van der Waals surface area contributed by atoms with Gasteiger partial charge in [0.15, 0.2) is 0 Å². The van der Waals surface area contributed by atoms with Gasteiger partial charge in [-0.05, 0) is 59.4 Å². The van der Waals surface area contributed by atoms with Gasteiger partial charge in [0.05, 0.1) is 5.02 Å². The first kappa shape index (κ1) is 14.0. The third-order valence-corrected chi connectivity index (χ3v) is 3.54. The SMILES string of the molecule is OCCCCCNCc1ccc(Cl)c(Br)c1. The zero-order chi connectivity index (χ0) is 11.8. The van der Waals surface area contributed by atoms with Gasteiger partial charge in [-0.2, -0.15) is 0 Å². The zero-order valence-electron chi connectivity index (χ0n) is 9.18. The van der Waals surface area contributed by atoms with Gasteiger partial charge in [-0.3, -0.25) is 0 Å². The van der Waals surface area contributed by atoms with Crippen LogP contribution in [0.3, 0.4) is 0 Å². The summed E-state index contributed by atoms with van der Waals surface area (Å²) in [4.78, 5) is 0. The number of rotatable bonds is 7. The maximum atomic E-state index is 8.62. The molecule has 0 aliphatic carbocycles. The van der Waals surface area contributed by atoms with E-state index >= 15 is 0 Å². The second-order valence-corrected chi connectivity index (χ2v) is 4.97. The van der Waals surface area contributed by atoms with Crippen LogP contribution in [-0.4, -0.2) is 18.3 Å². The van der Waals surface area contributed by atoms with Crippen LogP contribution >= 0.6 is 27.5 Å². The minimum Gasteiger partial charge on any atom is -0.396 e. The quantitative estimate of drug-likeness (QED) is 0.757. The highest BCUT2D eigenvalue weighted by atomic mass is 79.9. The Balaban J connectivity index is 2.19. The molecule has 0 atom stereocenters. The van der Waals surface area contributed by atoms with Gasteiger partial charge in [0.1, 0.15) is 0 Å². The smallest absolute Gasteiger partial charge is 0.0548 e. The molecule has 0 unspecified atom stereocenters. The molecule has 0 aromatic heterocycles. The van der Waals surface area contributed by atoms with Gasteiger partial charge in [0.2, 0.25) is 0 Å². The van der Waals surface area contributed by atoms with E-state index in [0.717, 1.165) is 41.8 Å². The number of unbranched alkanes of at least 4 members (excludes halogenated alkanes) is 2. The highest BCUT2D eigenvalue weighted by Gasteiger charge is 1.98. The Morgan fingerprint density at radius 1 is 1.25 bits per heavy atom. The number of aliphatic hydroxyl groups excluding tert-OH is 1. The molecule has 1 aromatic carbocycles. The molecule has 0 bridgehead atoms. The van der Waals surface area contributed by atoms with Gasteiger partial charge >= 0.3 is 0 Å². The number of halogens is 2. The van der Waals surface area contributed by atoms with Crippen LogP contribution in [0.4, 0.5) is 0 Å². The van der Waals surface area contributed by atoms with Gasteiger partial charge in [-0.15, -0.1) is 0 Å². The van der Waals surface area contributed by atoms with E-state index in [1.165, 1.54) is 5.56 Å². The lowest BCUT2D eigenvalue weighted by molar-refractivity contribution is 0.283. The predicted molar refractivity (Wildman–Crippen MR) is 71.8 cm³/mol.